The number of aliphatic hydroxyl groups is 11. The normalized spacial score (nSPS) is 33.6. The zero-order valence-corrected chi connectivity index (χ0v) is 40.0. The fourth-order valence-corrected chi connectivity index (χ4v) is 7.59. The van der Waals surface area contributed by atoms with Crippen LogP contribution in [0.3, 0.4) is 0 Å². The molecular weight excluding hydrogens is 903 g/mol. The summed E-state index contributed by atoms with van der Waals surface area (Å²) in [6, 6.07) is -1.04. The van der Waals surface area contributed by atoms with Gasteiger partial charge < -0.3 is 89.9 Å². The molecule has 0 aromatic rings. The molecule has 0 saturated carbocycles. The second kappa shape index (κ2) is 34.4. The first-order valence-electron chi connectivity index (χ1n) is 24.3. The molecule has 19 nitrogen and oxygen atoms in total. The van der Waals surface area contributed by atoms with Crippen LogP contribution in [0.5, 0.6) is 0 Å². The predicted molar refractivity (Wildman–Crippen MR) is 254 cm³/mol. The zero-order chi connectivity index (χ0) is 50.6. The molecule has 17 unspecified atom stereocenters. The Hall–Kier alpha value is -3.03. The summed E-state index contributed by atoms with van der Waals surface area (Å²) in [5.74, 6) is -0.378. The molecule has 19 heteroatoms. The summed E-state index contributed by atoms with van der Waals surface area (Å²) in [6.45, 7) is 1.37. The Bertz CT molecular complexity index is 1600. The highest BCUT2D eigenvalue weighted by molar-refractivity contribution is 5.76. The van der Waals surface area contributed by atoms with Crippen LogP contribution in [-0.2, 0) is 33.2 Å². The third-order valence-electron chi connectivity index (χ3n) is 11.6. The van der Waals surface area contributed by atoms with E-state index in [-0.39, 0.29) is 12.3 Å². The lowest BCUT2D eigenvalue weighted by atomic mass is 9.96. The van der Waals surface area contributed by atoms with E-state index in [1.807, 2.05) is 18.2 Å². The van der Waals surface area contributed by atoms with Crippen molar-refractivity contribution in [2.75, 3.05) is 26.4 Å². The standard InChI is InChI=1S/C50H81NO18/c1-3-5-7-9-11-13-15-16-18-20-22-24-26-28-38(56)51-33(34(55)27-25-23-21-19-17-14-12-10-8-6-4-2)32-64-48-44(62)41(59)46(36(30-53)66-48)69-50-45(63)42(60)47(37(31-54)67-50)68-49-43(61)40(58)39(57)35(29-52)65-49/h5,7-8,10-11,13,16-19,22,24-25,27,33-37,39-50,52-55,57-63H,3-4,6,9,12,14-15,20-21,23,26,28-32H2,1-2H3,(H,51,56)/b7-5-,10-8+,13-11-,18-16-,19-17+,24-22-,27-25+. The van der Waals surface area contributed by atoms with Gasteiger partial charge in [-0.3, -0.25) is 4.79 Å². The van der Waals surface area contributed by atoms with Gasteiger partial charge in [0.15, 0.2) is 18.9 Å². The fraction of sp³-hybridized carbons (Fsp3) is 0.700. The van der Waals surface area contributed by atoms with Crippen molar-refractivity contribution in [3.8, 4) is 0 Å². The minimum atomic E-state index is -1.99. The highest BCUT2D eigenvalue weighted by Gasteiger charge is 2.53. The maximum atomic E-state index is 13.1. The monoisotopic (exact) mass is 984 g/mol. The lowest BCUT2D eigenvalue weighted by Crippen LogP contribution is -2.66. The number of hydrogen-bond acceptors (Lipinski definition) is 18. The molecule has 3 aliphatic heterocycles. The number of nitrogens with one attached hydrogen (secondary N) is 1. The van der Waals surface area contributed by atoms with Gasteiger partial charge in [-0.25, -0.2) is 0 Å². The van der Waals surface area contributed by atoms with E-state index < -0.39 is 131 Å². The molecule has 0 radical (unpaired) electrons. The van der Waals surface area contributed by atoms with Crippen LogP contribution >= 0.6 is 0 Å². The van der Waals surface area contributed by atoms with E-state index in [1.54, 1.807) is 6.08 Å². The molecule has 394 valence electrons. The molecule has 0 aromatic carbocycles. The summed E-state index contributed by atoms with van der Waals surface area (Å²) >= 11 is 0. The lowest BCUT2D eigenvalue weighted by Gasteiger charge is -2.48. The smallest absolute Gasteiger partial charge is 0.220 e. The SMILES string of the molecule is CC/C=C\C/C=C\C/C=C\C/C=C\CCC(=O)NC(COC1OC(CO)C(OC2OC(CO)C(OC3OC(CO)C(O)C(O)C3O)C(O)C2O)C(O)C1O)C(O)/C=C/CC/C=C/CC/C=C/CCC. The van der Waals surface area contributed by atoms with Crippen LogP contribution < -0.4 is 5.32 Å². The second-order valence-corrected chi connectivity index (χ2v) is 17.2. The van der Waals surface area contributed by atoms with Crippen LogP contribution in [0.25, 0.3) is 0 Å². The molecule has 69 heavy (non-hydrogen) atoms. The van der Waals surface area contributed by atoms with Gasteiger partial charge in [0.1, 0.15) is 73.2 Å². The predicted octanol–water partition coefficient (Wildman–Crippen LogP) is 0.911. The van der Waals surface area contributed by atoms with Crippen molar-refractivity contribution < 1.29 is 89.4 Å². The van der Waals surface area contributed by atoms with Gasteiger partial charge >= 0.3 is 0 Å². The molecule has 0 spiro atoms. The van der Waals surface area contributed by atoms with Crippen molar-refractivity contribution in [3.63, 3.8) is 0 Å². The zero-order valence-electron chi connectivity index (χ0n) is 40.0. The molecule has 0 bridgehead atoms. The van der Waals surface area contributed by atoms with Gasteiger partial charge in [-0.05, 0) is 64.2 Å². The minimum absolute atomic E-state index is 0.105. The van der Waals surface area contributed by atoms with Crippen molar-refractivity contribution >= 4 is 5.91 Å². The number of carbonyl (C=O) groups excluding carboxylic acids is 1. The number of allylic oxidation sites excluding steroid dienone is 13. The van der Waals surface area contributed by atoms with Gasteiger partial charge in [0.05, 0.1) is 38.6 Å². The third-order valence-corrected chi connectivity index (χ3v) is 11.6. The Morgan fingerprint density at radius 2 is 0.957 bits per heavy atom. The first-order valence-corrected chi connectivity index (χ1v) is 24.3. The summed E-state index contributed by atoms with van der Waals surface area (Å²) in [5.41, 5.74) is 0. The molecule has 1 amide bonds. The molecule has 3 fully saturated rings. The van der Waals surface area contributed by atoms with Crippen LogP contribution in [-0.4, -0.2) is 193 Å². The summed E-state index contributed by atoms with van der Waals surface area (Å²) in [5, 5.41) is 119. The van der Waals surface area contributed by atoms with Crippen LogP contribution in [0, 0.1) is 0 Å². The Balaban J connectivity index is 1.62. The van der Waals surface area contributed by atoms with Crippen LogP contribution in [0.4, 0.5) is 0 Å². The van der Waals surface area contributed by atoms with Crippen molar-refractivity contribution in [1.29, 1.82) is 0 Å². The van der Waals surface area contributed by atoms with E-state index in [0.29, 0.717) is 19.3 Å². The van der Waals surface area contributed by atoms with Gasteiger partial charge in [0.25, 0.3) is 0 Å². The Morgan fingerprint density at radius 3 is 1.48 bits per heavy atom. The molecule has 12 N–H and O–H groups in total. The summed E-state index contributed by atoms with van der Waals surface area (Å²) in [6.07, 6.45) is 10.6. The maximum absolute atomic E-state index is 13.1. The molecule has 3 aliphatic rings. The number of rotatable bonds is 31. The largest absolute Gasteiger partial charge is 0.394 e. The molecular formula is C50H81NO18. The van der Waals surface area contributed by atoms with Crippen LogP contribution in [0.1, 0.15) is 90.9 Å². The highest BCUT2D eigenvalue weighted by atomic mass is 16.8. The summed E-state index contributed by atoms with van der Waals surface area (Å²) in [7, 11) is 0. The fourth-order valence-electron chi connectivity index (χ4n) is 7.59. The number of carbonyl (C=O) groups is 1. The van der Waals surface area contributed by atoms with Crippen molar-refractivity contribution in [3.05, 3.63) is 85.1 Å². The Kier molecular flexibility index (Phi) is 30.0. The minimum Gasteiger partial charge on any atom is -0.394 e. The molecule has 3 heterocycles. The van der Waals surface area contributed by atoms with Crippen molar-refractivity contribution in [2.24, 2.45) is 0 Å². The van der Waals surface area contributed by atoms with E-state index in [9.17, 15) is 61.0 Å². The average molecular weight is 984 g/mol. The van der Waals surface area contributed by atoms with Crippen LogP contribution in [0.2, 0.25) is 0 Å². The number of ether oxygens (including phenoxy) is 6. The van der Waals surface area contributed by atoms with Gasteiger partial charge in [0, 0.05) is 6.42 Å². The van der Waals surface area contributed by atoms with Crippen molar-refractivity contribution in [2.45, 2.75) is 195 Å². The van der Waals surface area contributed by atoms with E-state index in [0.717, 1.165) is 51.4 Å². The van der Waals surface area contributed by atoms with Crippen molar-refractivity contribution in [1.82, 2.24) is 5.32 Å². The average Bonchev–Trinajstić information content (AvgIpc) is 3.34. The third kappa shape index (κ3) is 20.5. The molecule has 3 saturated heterocycles. The van der Waals surface area contributed by atoms with Gasteiger partial charge in [-0.1, -0.05) is 105 Å². The molecule has 0 aliphatic carbocycles. The van der Waals surface area contributed by atoms with E-state index in [1.165, 1.54) is 6.08 Å². The number of amides is 1. The first kappa shape index (κ1) is 60.3. The number of hydrogen-bond donors (Lipinski definition) is 12. The van der Waals surface area contributed by atoms with E-state index in [2.05, 4.69) is 73.8 Å². The number of unbranched alkanes of at least 4 members (excludes halogenated alkanes) is 3. The topological polar surface area (TPSA) is 307 Å². The molecule has 0 aromatic heterocycles. The van der Waals surface area contributed by atoms with Gasteiger partial charge in [-0.2, -0.15) is 0 Å². The Labute approximate surface area is 406 Å². The van der Waals surface area contributed by atoms with Gasteiger partial charge in [-0.15, -0.1) is 0 Å². The maximum Gasteiger partial charge on any atom is 0.220 e. The lowest BCUT2D eigenvalue weighted by molar-refractivity contribution is -0.379. The molecule has 3 rings (SSSR count). The quantitative estimate of drug-likeness (QED) is 0.0339. The van der Waals surface area contributed by atoms with Gasteiger partial charge in [0.2, 0.25) is 5.91 Å². The number of aliphatic hydroxyl groups excluding tert-OH is 11. The molecule has 17 atom stereocenters. The summed E-state index contributed by atoms with van der Waals surface area (Å²) < 4.78 is 34.0. The van der Waals surface area contributed by atoms with Crippen LogP contribution in [0.15, 0.2) is 85.1 Å². The summed E-state index contributed by atoms with van der Waals surface area (Å²) in [4.78, 5) is 13.1. The Morgan fingerprint density at radius 1 is 0.522 bits per heavy atom. The highest BCUT2D eigenvalue weighted by Crippen LogP contribution is 2.33. The first-order chi connectivity index (χ1) is 33.3. The second-order valence-electron chi connectivity index (χ2n) is 17.2. The van der Waals surface area contributed by atoms with E-state index in [4.69, 9.17) is 28.4 Å². The van der Waals surface area contributed by atoms with E-state index >= 15 is 0 Å².